The molecule has 4 aromatic rings. The molecule has 0 N–H and O–H groups in total. The minimum Gasteiger partial charge on any atom is -0.276 e. The fourth-order valence-corrected chi connectivity index (χ4v) is 4.22. The van der Waals surface area contributed by atoms with Crippen LogP contribution in [0, 0.1) is 9.49 Å². The van der Waals surface area contributed by atoms with E-state index in [1.54, 1.807) is 17.0 Å². The van der Waals surface area contributed by atoms with Crippen LogP contribution in [0.25, 0.3) is 22.3 Å². The first-order valence-corrected chi connectivity index (χ1v) is 10.8. The minimum atomic E-state index is -0.346. The van der Waals surface area contributed by atoms with Crippen LogP contribution in [0.4, 0.5) is 0 Å². The number of nitrogens with zero attached hydrogens (tertiary/aromatic N) is 5. The summed E-state index contributed by atoms with van der Waals surface area (Å²) in [5, 5.41) is 5.23. The fraction of sp³-hybridized carbons (Fsp3) is 0.273. The SMILES string of the molecule is CC(C)Cn1c(=O)n(C)c(=O)c2c(-c3ccncc3)n(Cc3cccc(I)c3)nc21. The first kappa shape index (κ1) is 20.5. The standard InChI is InChI=1S/C22H22IN5O2/c1-14(2)12-27-20-18(21(29)26(3)22(27)30)19(16-7-9-24-10-8-16)28(25-20)13-15-5-4-6-17(23)11-15/h4-11,14H,12-13H2,1-3H3. The van der Waals surface area contributed by atoms with Crippen molar-refractivity contribution in [2.24, 2.45) is 13.0 Å². The first-order valence-electron chi connectivity index (χ1n) is 9.72. The van der Waals surface area contributed by atoms with Gasteiger partial charge in [0.1, 0.15) is 5.39 Å². The zero-order valence-corrected chi connectivity index (χ0v) is 19.2. The van der Waals surface area contributed by atoms with Crippen LogP contribution in [0.5, 0.6) is 0 Å². The van der Waals surface area contributed by atoms with Crippen molar-refractivity contribution >= 4 is 33.6 Å². The molecule has 0 bridgehead atoms. The van der Waals surface area contributed by atoms with Crippen molar-refractivity contribution in [3.05, 3.63) is 78.8 Å². The van der Waals surface area contributed by atoms with Crippen LogP contribution >= 0.6 is 22.6 Å². The van der Waals surface area contributed by atoms with Gasteiger partial charge in [-0.1, -0.05) is 26.0 Å². The van der Waals surface area contributed by atoms with E-state index >= 15 is 0 Å². The second kappa shape index (κ2) is 8.17. The Morgan fingerprint density at radius 2 is 1.83 bits per heavy atom. The normalized spacial score (nSPS) is 11.5. The summed E-state index contributed by atoms with van der Waals surface area (Å²) in [6, 6.07) is 11.9. The summed E-state index contributed by atoms with van der Waals surface area (Å²) in [5.74, 6) is 0.230. The van der Waals surface area contributed by atoms with Crippen LogP contribution in [0.1, 0.15) is 19.4 Å². The lowest BCUT2D eigenvalue weighted by atomic mass is 10.1. The highest BCUT2D eigenvalue weighted by Gasteiger charge is 2.22. The molecular formula is C22H22IN5O2. The zero-order chi connectivity index (χ0) is 21.4. The Balaban J connectivity index is 2.07. The summed E-state index contributed by atoms with van der Waals surface area (Å²) < 4.78 is 5.73. The van der Waals surface area contributed by atoms with E-state index in [2.05, 4.69) is 33.6 Å². The van der Waals surface area contributed by atoms with Gasteiger partial charge in [-0.3, -0.25) is 23.6 Å². The second-order valence-electron chi connectivity index (χ2n) is 7.72. The van der Waals surface area contributed by atoms with E-state index in [-0.39, 0.29) is 17.2 Å². The third-order valence-corrected chi connectivity index (χ3v) is 5.62. The van der Waals surface area contributed by atoms with Crippen LogP contribution < -0.4 is 11.2 Å². The third-order valence-electron chi connectivity index (χ3n) is 4.95. The van der Waals surface area contributed by atoms with Gasteiger partial charge in [0, 0.05) is 35.1 Å². The lowest BCUT2D eigenvalue weighted by Crippen LogP contribution is -2.38. The van der Waals surface area contributed by atoms with Crippen molar-refractivity contribution in [2.45, 2.75) is 26.9 Å². The molecule has 30 heavy (non-hydrogen) atoms. The van der Waals surface area contributed by atoms with Gasteiger partial charge in [0.2, 0.25) is 0 Å². The van der Waals surface area contributed by atoms with Crippen LogP contribution in [0.15, 0.2) is 58.4 Å². The molecule has 0 saturated carbocycles. The highest BCUT2D eigenvalue weighted by molar-refractivity contribution is 14.1. The van der Waals surface area contributed by atoms with Gasteiger partial charge in [-0.15, -0.1) is 0 Å². The van der Waals surface area contributed by atoms with Gasteiger partial charge in [-0.2, -0.15) is 5.10 Å². The Morgan fingerprint density at radius 1 is 1.10 bits per heavy atom. The molecule has 0 aliphatic carbocycles. The Morgan fingerprint density at radius 3 is 2.50 bits per heavy atom. The van der Waals surface area contributed by atoms with Crippen LogP contribution in [-0.2, 0) is 20.1 Å². The average Bonchev–Trinajstić information content (AvgIpc) is 3.09. The van der Waals surface area contributed by atoms with Crippen LogP contribution in [-0.4, -0.2) is 23.9 Å². The smallest absolute Gasteiger partial charge is 0.276 e. The highest BCUT2D eigenvalue weighted by atomic mass is 127. The summed E-state index contributed by atoms with van der Waals surface area (Å²) in [4.78, 5) is 30.1. The number of benzene rings is 1. The lowest BCUT2D eigenvalue weighted by molar-refractivity contribution is 0.498. The van der Waals surface area contributed by atoms with Gasteiger partial charge in [0.25, 0.3) is 5.56 Å². The number of hydrogen-bond donors (Lipinski definition) is 0. The van der Waals surface area contributed by atoms with Crippen molar-refractivity contribution in [2.75, 3.05) is 0 Å². The molecule has 8 heteroatoms. The number of fused-ring (bicyclic) bond motifs is 1. The molecule has 0 aliphatic rings. The van der Waals surface area contributed by atoms with Gasteiger partial charge in [-0.25, -0.2) is 4.79 Å². The van der Waals surface area contributed by atoms with E-state index in [0.29, 0.717) is 29.8 Å². The number of rotatable bonds is 5. The summed E-state index contributed by atoms with van der Waals surface area (Å²) in [6.45, 7) is 5.05. The fourth-order valence-electron chi connectivity index (χ4n) is 3.62. The van der Waals surface area contributed by atoms with Crippen molar-refractivity contribution in [3.8, 4) is 11.3 Å². The van der Waals surface area contributed by atoms with E-state index in [1.165, 1.54) is 11.6 Å². The average molecular weight is 515 g/mol. The summed E-state index contributed by atoms with van der Waals surface area (Å²) in [5.41, 5.74) is 2.35. The third kappa shape index (κ3) is 3.71. The van der Waals surface area contributed by atoms with Crippen molar-refractivity contribution in [1.29, 1.82) is 0 Å². The summed E-state index contributed by atoms with van der Waals surface area (Å²) >= 11 is 2.28. The predicted molar refractivity (Wildman–Crippen MR) is 126 cm³/mol. The maximum absolute atomic E-state index is 13.2. The monoisotopic (exact) mass is 515 g/mol. The molecule has 7 nitrogen and oxygen atoms in total. The van der Waals surface area contributed by atoms with Gasteiger partial charge >= 0.3 is 5.69 Å². The topological polar surface area (TPSA) is 74.7 Å². The Kier molecular flexibility index (Phi) is 5.59. The quantitative estimate of drug-likeness (QED) is 0.383. The van der Waals surface area contributed by atoms with E-state index in [4.69, 9.17) is 5.10 Å². The van der Waals surface area contributed by atoms with Crippen LogP contribution in [0.3, 0.4) is 0 Å². The molecule has 0 saturated heterocycles. The first-order chi connectivity index (χ1) is 14.4. The molecule has 1 aromatic carbocycles. The van der Waals surface area contributed by atoms with Gasteiger partial charge in [0.05, 0.1) is 12.2 Å². The maximum atomic E-state index is 13.2. The molecule has 0 aliphatic heterocycles. The molecule has 0 unspecified atom stereocenters. The summed E-state index contributed by atoms with van der Waals surface area (Å²) in [6.07, 6.45) is 3.39. The van der Waals surface area contributed by atoms with Gasteiger partial charge in [-0.05, 0) is 58.3 Å². The van der Waals surface area contributed by atoms with Gasteiger partial charge in [0.15, 0.2) is 5.65 Å². The second-order valence-corrected chi connectivity index (χ2v) is 8.97. The Hall–Kier alpha value is -2.75. The number of aromatic nitrogens is 5. The number of hydrogen-bond acceptors (Lipinski definition) is 4. The molecule has 0 spiro atoms. The zero-order valence-electron chi connectivity index (χ0n) is 17.0. The molecule has 0 radical (unpaired) electrons. The molecule has 0 fully saturated rings. The number of pyridine rings is 1. The molecule has 3 heterocycles. The molecular weight excluding hydrogens is 493 g/mol. The largest absolute Gasteiger partial charge is 0.332 e. The maximum Gasteiger partial charge on any atom is 0.332 e. The van der Waals surface area contributed by atoms with E-state index in [9.17, 15) is 9.59 Å². The lowest BCUT2D eigenvalue weighted by Gasteiger charge is -2.11. The molecule has 3 aromatic heterocycles. The van der Waals surface area contributed by atoms with Crippen LogP contribution in [0.2, 0.25) is 0 Å². The Labute approximate surface area is 187 Å². The molecule has 154 valence electrons. The Bertz CT molecular complexity index is 1340. The predicted octanol–water partition coefficient (Wildman–Crippen LogP) is 3.27. The van der Waals surface area contributed by atoms with E-state index in [0.717, 1.165) is 14.7 Å². The molecule has 4 rings (SSSR count). The van der Waals surface area contributed by atoms with E-state index in [1.807, 2.05) is 48.9 Å². The molecule has 0 amide bonds. The highest BCUT2D eigenvalue weighted by Crippen LogP contribution is 2.27. The number of halogens is 1. The van der Waals surface area contributed by atoms with Crippen molar-refractivity contribution in [3.63, 3.8) is 0 Å². The van der Waals surface area contributed by atoms with Crippen molar-refractivity contribution in [1.82, 2.24) is 23.9 Å². The van der Waals surface area contributed by atoms with Crippen molar-refractivity contribution < 1.29 is 0 Å². The molecule has 0 atom stereocenters. The van der Waals surface area contributed by atoms with Gasteiger partial charge < -0.3 is 0 Å². The summed E-state index contributed by atoms with van der Waals surface area (Å²) in [7, 11) is 1.52. The van der Waals surface area contributed by atoms with E-state index < -0.39 is 0 Å². The minimum absolute atomic E-state index is 0.230.